The van der Waals surface area contributed by atoms with E-state index in [0.29, 0.717) is 21.8 Å². The molecule has 104 valence electrons. The zero-order valence-corrected chi connectivity index (χ0v) is 13.9. The van der Waals surface area contributed by atoms with Gasteiger partial charge in [0.05, 0.1) is 14.6 Å². The molecule has 0 amide bonds. The minimum atomic E-state index is -0.312. The zero-order valence-electron chi connectivity index (χ0n) is 10.8. The molecule has 20 heavy (non-hydrogen) atoms. The van der Waals surface area contributed by atoms with Gasteiger partial charge in [0.15, 0.2) is 5.82 Å². The predicted octanol–water partition coefficient (Wildman–Crippen LogP) is 4.73. The van der Waals surface area contributed by atoms with Crippen LogP contribution in [-0.4, -0.2) is 17.0 Å². The van der Waals surface area contributed by atoms with Gasteiger partial charge in [-0.15, -0.1) is 0 Å². The van der Waals surface area contributed by atoms with Crippen LogP contribution in [0.15, 0.2) is 27.1 Å². The molecule has 1 aromatic heterocycles. The molecule has 0 spiro atoms. The maximum atomic E-state index is 13.7. The molecule has 0 saturated heterocycles. The Morgan fingerprint density at radius 3 is 2.60 bits per heavy atom. The normalized spacial score (nSPS) is 14.4. The van der Waals surface area contributed by atoms with E-state index in [1.807, 2.05) is 13.1 Å². The van der Waals surface area contributed by atoms with Crippen molar-refractivity contribution in [3.8, 4) is 11.4 Å². The Morgan fingerprint density at radius 1 is 1.25 bits per heavy atom. The van der Waals surface area contributed by atoms with Crippen molar-refractivity contribution in [2.45, 2.75) is 18.8 Å². The highest BCUT2D eigenvalue weighted by Gasteiger charge is 2.29. The van der Waals surface area contributed by atoms with E-state index in [4.69, 9.17) is 0 Å². The molecule has 1 N–H and O–H groups in total. The van der Waals surface area contributed by atoms with Gasteiger partial charge >= 0.3 is 0 Å². The van der Waals surface area contributed by atoms with Gasteiger partial charge in [0.1, 0.15) is 11.6 Å². The summed E-state index contributed by atoms with van der Waals surface area (Å²) in [7, 11) is 1.82. The highest BCUT2D eigenvalue weighted by atomic mass is 79.9. The molecule has 6 heteroatoms. The van der Waals surface area contributed by atoms with Gasteiger partial charge in [-0.3, -0.25) is 0 Å². The lowest BCUT2D eigenvalue weighted by Gasteiger charge is -2.11. The number of hydrogen-bond donors (Lipinski definition) is 1. The topological polar surface area (TPSA) is 37.8 Å². The second-order valence-corrected chi connectivity index (χ2v) is 6.40. The van der Waals surface area contributed by atoms with Crippen LogP contribution < -0.4 is 5.32 Å². The number of halogens is 3. The van der Waals surface area contributed by atoms with Crippen LogP contribution in [0.2, 0.25) is 0 Å². The molecule has 1 fully saturated rings. The van der Waals surface area contributed by atoms with Crippen LogP contribution in [0.5, 0.6) is 0 Å². The quantitative estimate of drug-likeness (QED) is 0.809. The van der Waals surface area contributed by atoms with Gasteiger partial charge in [0, 0.05) is 18.5 Å². The lowest BCUT2D eigenvalue weighted by Crippen LogP contribution is -2.02. The van der Waals surface area contributed by atoms with Crippen LogP contribution in [0.4, 0.5) is 10.2 Å². The minimum absolute atomic E-state index is 0.312. The summed E-state index contributed by atoms with van der Waals surface area (Å²) >= 11 is 6.70. The zero-order chi connectivity index (χ0) is 14.3. The van der Waals surface area contributed by atoms with E-state index in [1.165, 1.54) is 6.07 Å². The summed E-state index contributed by atoms with van der Waals surface area (Å²) in [5, 5.41) is 3.05. The SMILES string of the molecule is CNc1nc(-c2ccc(Br)c(F)c2)nc(C2CC2)c1Br. The van der Waals surface area contributed by atoms with Gasteiger partial charge in [0.25, 0.3) is 0 Å². The first kappa shape index (κ1) is 13.9. The third-order valence-electron chi connectivity index (χ3n) is 3.26. The highest BCUT2D eigenvalue weighted by molar-refractivity contribution is 9.11. The van der Waals surface area contributed by atoms with Gasteiger partial charge in [-0.25, -0.2) is 14.4 Å². The van der Waals surface area contributed by atoms with Crippen molar-refractivity contribution < 1.29 is 4.39 Å². The predicted molar refractivity (Wildman–Crippen MR) is 84.3 cm³/mol. The molecule has 3 rings (SSSR count). The summed E-state index contributed by atoms with van der Waals surface area (Å²) < 4.78 is 15.0. The molecular weight excluding hydrogens is 389 g/mol. The van der Waals surface area contributed by atoms with E-state index in [-0.39, 0.29) is 5.82 Å². The minimum Gasteiger partial charge on any atom is -0.372 e. The Kier molecular flexibility index (Phi) is 3.77. The van der Waals surface area contributed by atoms with Crippen LogP contribution in [0.25, 0.3) is 11.4 Å². The van der Waals surface area contributed by atoms with Crippen LogP contribution in [0.3, 0.4) is 0 Å². The van der Waals surface area contributed by atoms with E-state index in [1.54, 1.807) is 6.07 Å². The fourth-order valence-electron chi connectivity index (χ4n) is 2.02. The van der Waals surface area contributed by atoms with Crippen molar-refractivity contribution in [2.75, 3.05) is 12.4 Å². The number of hydrogen-bond acceptors (Lipinski definition) is 3. The average Bonchev–Trinajstić information content (AvgIpc) is 3.27. The van der Waals surface area contributed by atoms with E-state index in [0.717, 1.165) is 28.8 Å². The summed E-state index contributed by atoms with van der Waals surface area (Å²) in [6.07, 6.45) is 2.29. The van der Waals surface area contributed by atoms with Gasteiger partial charge in [-0.05, 0) is 62.9 Å². The Hall–Kier alpha value is -1.01. The first-order valence-electron chi connectivity index (χ1n) is 6.30. The van der Waals surface area contributed by atoms with Crippen molar-refractivity contribution in [1.82, 2.24) is 9.97 Å². The van der Waals surface area contributed by atoms with Crippen molar-refractivity contribution in [2.24, 2.45) is 0 Å². The molecule has 1 aromatic carbocycles. The van der Waals surface area contributed by atoms with E-state index in [2.05, 4.69) is 47.1 Å². The highest BCUT2D eigenvalue weighted by Crippen LogP contribution is 2.44. The maximum absolute atomic E-state index is 13.7. The number of benzene rings is 1. The van der Waals surface area contributed by atoms with Crippen molar-refractivity contribution in [3.05, 3.63) is 38.7 Å². The van der Waals surface area contributed by atoms with Crippen molar-refractivity contribution in [1.29, 1.82) is 0 Å². The molecule has 1 aliphatic rings. The van der Waals surface area contributed by atoms with Gasteiger partial charge in [-0.2, -0.15) is 0 Å². The fraction of sp³-hybridized carbons (Fsp3) is 0.286. The standard InChI is InChI=1S/C14H12Br2FN3/c1-18-14-11(16)12(7-2-3-7)19-13(20-14)8-4-5-9(15)10(17)6-8/h4-7H,2-3H2,1H3,(H,18,19,20). The largest absolute Gasteiger partial charge is 0.372 e. The summed E-state index contributed by atoms with van der Waals surface area (Å²) in [4.78, 5) is 9.06. The Morgan fingerprint density at radius 2 is 2.00 bits per heavy atom. The third-order valence-corrected chi connectivity index (χ3v) is 4.68. The Balaban J connectivity index is 2.12. The molecule has 1 aliphatic carbocycles. The summed E-state index contributed by atoms with van der Waals surface area (Å²) in [6, 6.07) is 4.93. The summed E-state index contributed by atoms with van der Waals surface area (Å²) in [6.45, 7) is 0. The Bertz CT molecular complexity index is 672. The summed E-state index contributed by atoms with van der Waals surface area (Å²) in [5.74, 6) is 1.46. The number of aromatic nitrogens is 2. The molecule has 0 bridgehead atoms. The molecule has 0 aliphatic heterocycles. The second-order valence-electron chi connectivity index (χ2n) is 4.75. The van der Waals surface area contributed by atoms with Gasteiger partial charge < -0.3 is 5.32 Å². The molecule has 0 unspecified atom stereocenters. The molecular formula is C14H12Br2FN3. The molecule has 3 nitrogen and oxygen atoms in total. The molecule has 1 heterocycles. The number of nitrogens with zero attached hydrogens (tertiary/aromatic N) is 2. The molecule has 1 saturated carbocycles. The molecule has 2 aromatic rings. The first-order chi connectivity index (χ1) is 9.60. The number of anilines is 1. The first-order valence-corrected chi connectivity index (χ1v) is 7.89. The monoisotopic (exact) mass is 399 g/mol. The van der Waals surface area contributed by atoms with E-state index < -0.39 is 0 Å². The van der Waals surface area contributed by atoms with Crippen LogP contribution >= 0.6 is 31.9 Å². The maximum Gasteiger partial charge on any atom is 0.161 e. The Labute approximate surface area is 133 Å². The smallest absolute Gasteiger partial charge is 0.161 e. The average molecular weight is 401 g/mol. The van der Waals surface area contributed by atoms with Crippen LogP contribution in [0.1, 0.15) is 24.5 Å². The summed E-state index contributed by atoms with van der Waals surface area (Å²) in [5.41, 5.74) is 1.68. The van der Waals surface area contributed by atoms with Crippen molar-refractivity contribution in [3.63, 3.8) is 0 Å². The van der Waals surface area contributed by atoms with Crippen LogP contribution in [-0.2, 0) is 0 Å². The van der Waals surface area contributed by atoms with E-state index in [9.17, 15) is 4.39 Å². The number of rotatable bonds is 3. The second kappa shape index (κ2) is 5.41. The van der Waals surface area contributed by atoms with Crippen molar-refractivity contribution >= 4 is 37.7 Å². The van der Waals surface area contributed by atoms with Gasteiger partial charge in [-0.1, -0.05) is 0 Å². The molecule has 0 radical (unpaired) electrons. The lowest BCUT2D eigenvalue weighted by molar-refractivity contribution is 0.621. The van der Waals surface area contributed by atoms with Crippen LogP contribution in [0, 0.1) is 5.82 Å². The van der Waals surface area contributed by atoms with E-state index >= 15 is 0 Å². The lowest BCUT2D eigenvalue weighted by atomic mass is 10.2. The van der Waals surface area contributed by atoms with Gasteiger partial charge in [0.2, 0.25) is 0 Å². The fourth-order valence-corrected chi connectivity index (χ4v) is 2.97. The number of nitrogens with one attached hydrogen (secondary N) is 1. The molecule has 0 atom stereocenters. The third kappa shape index (κ3) is 2.59.